The Morgan fingerprint density at radius 3 is 2.57 bits per heavy atom. The maximum Gasteiger partial charge on any atom is 0.387 e. The van der Waals surface area contributed by atoms with Gasteiger partial charge < -0.3 is 4.74 Å². The second kappa shape index (κ2) is 4.01. The molecule has 14 heavy (non-hydrogen) atoms. The molecule has 0 aromatic heterocycles. The lowest BCUT2D eigenvalue weighted by Crippen LogP contribution is -2.04. The van der Waals surface area contributed by atoms with Crippen LogP contribution in [0.15, 0.2) is 12.1 Å². The summed E-state index contributed by atoms with van der Waals surface area (Å²) < 4.78 is 40.6. The van der Waals surface area contributed by atoms with E-state index >= 15 is 0 Å². The first-order valence-corrected chi connectivity index (χ1v) is 3.69. The Balaban J connectivity index is 3.15. The van der Waals surface area contributed by atoms with Gasteiger partial charge in [0.05, 0.1) is 11.6 Å². The summed E-state index contributed by atoms with van der Waals surface area (Å²) in [5.74, 6) is -1.47. The molecule has 1 aromatic rings. The molecule has 0 saturated heterocycles. The van der Waals surface area contributed by atoms with Gasteiger partial charge in [0.15, 0.2) is 11.6 Å². The predicted molar refractivity (Wildman–Crippen MR) is 42.5 cm³/mol. The molecule has 0 radical (unpaired) electrons. The molecule has 0 amide bonds. The Bertz CT molecular complexity index is 384. The lowest BCUT2D eigenvalue weighted by atomic mass is 10.1. The predicted octanol–water partition coefficient (Wildman–Crippen LogP) is 2.61. The van der Waals surface area contributed by atoms with E-state index < -0.39 is 18.2 Å². The molecule has 74 valence electrons. The minimum atomic E-state index is -3.10. The molecule has 2 nitrogen and oxygen atoms in total. The molecule has 0 aliphatic rings. The third-order valence-corrected chi connectivity index (χ3v) is 1.57. The molecule has 0 heterocycles. The van der Waals surface area contributed by atoms with Crippen molar-refractivity contribution in [3.8, 4) is 11.8 Å². The van der Waals surface area contributed by atoms with Gasteiger partial charge in [0.1, 0.15) is 0 Å². The number of hydrogen-bond acceptors (Lipinski definition) is 2. The molecule has 0 aliphatic carbocycles. The standard InChI is InChI=1S/C9H6F3NO/c1-5-2-6(4-13)3-7(8(5)10)14-9(11)12/h2-3,9H,1H3. The highest BCUT2D eigenvalue weighted by atomic mass is 19.3. The number of ether oxygens (including phenoxy) is 1. The van der Waals surface area contributed by atoms with Crippen LogP contribution in [-0.2, 0) is 0 Å². The normalized spacial score (nSPS) is 10.0. The molecular weight excluding hydrogens is 195 g/mol. The van der Waals surface area contributed by atoms with Crippen molar-refractivity contribution in [2.45, 2.75) is 13.5 Å². The van der Waals surface area contributed by atoms with E-state index in [4.69, 9.17) is 5.26 Å². The van der Waals surface area contributed by atoms with Gasteiger partial charge in [0.2, 0.25) is 0 Å². The first-order valence-electron chi connectivity index (χ1n) is 3.69. The quantitative estimate of drug-likeness (QED) is 0.736. The van der Waals surface area contributed by atoms with Crippen LogP contribution in [0.5, 0.6) is 5.75 Å². The zero-order valence-corrected chi connectivity index (χ0v) is 7.22. The number of alkyl halides is 2. The molecule has 0 saturated carbocycles. The monoisotopic (exact) mass is 201 g/mol. The van der Waals surface area contributed by atoms with Gasteiger partial charge in [-0.25, -0.2) is 4.39 Å². The number of nitrogens with zero attached hydrogens (tertiary/aromatic N) is 1. The molecule has 5 heteroatoms. The van der Waals surface area contributed by atoms with Crippen molar-refractivity contribution in [2.75, 3.05) is 0 Å². The number of hydrogen-bond donors (Lipinski definition) is 0. The first kappa shape index (κ1) is 10.4. The summed E-state index contributed by atoms with van der Waals surface area (Å²) in [7, 11) is 0. The zero-order valence-electron chi connectivity index (χ0n) is 7.22. The third kappa shape index (κ3) is 2.16. The Morgan fingerprint density at radius 1 is 1.43 bits per heavy atom. The minimum Gasteiger partial charge on any atom is -0.432 e. The summed E-state index contributed by atoms with van der Waals surface area (Å²) in [4.78, 5) is 0. The Labute approximate surface area is 78.5 Å². The Morgan fingerprint density at radius 2 is 2.07 bits per heavy atom. The second-order valence-electron chi connectivity index (χ2n) is 2.60. The zero-order chi connectivity index (χ0) is 10.7. The van der Waals surface area contributed by atoms with Crippen LogP contribution in [0.1, 0.15) is 11.1 Å². The van der Waals surface area contributed by atoms with E-state index in [1.54, 1.807) is 6.07 Å². The number of halogens is 3. The largest absolute Gasteiger partial charge is 0.432 e. The van der Waals surface area contributed by atoms with Crippen LogP contribution in [0.3, 0.4) is 0 Å². The lowest BCUT2D eigenvalue weighted by Gasteiger charge is -2.07. The SMILES string of the molecule is Cc1cc(C#N)cc(OC(F)F)c1F. The number of nitriles is 1. The van der Waals surface area contributed by atoms with E-state index in [0.717, 1.165) is 6.07 Å². The molecule has 0 atom stereocenters. The lowest BCUT2D eigenvalue weighted by molar-refractivity contribution is -0.0522. The van der Waals surface area contributed by atoms with Crippen molar-refractivity contribution in [1.29, 1.82) is 5.26 Å². The molecule has 0 unspecified atom stereocenters. The third-order valence-electron chi connectivity index (χ3n) is 1.57. The van der Waals surface area contributed by atoms with E-state index in [1.807, 2.05) is 0 Å². The van der Waals surface area contributed by atoms with E-state index in [1.165, 1.54) is 13.0 Å². The summed E-state index contributed by atoms with van der Waals surface area (Å²) in [5, 5.41) is 8.50. The average Bonchev–Trinajstić information content (AvgIpc) is 2.11. The Hall–Kier alpha value is -1.70. The van der Waals surface area contributed by atoms with Crippen LogP contribution >= 0.6 is 0 Å². The molecule has 0 aliphatic heterocycles. The van der Waals surface area contributed by atoms with E-state index in [-0.39, 0.29) is 11.1 Å². The molecule has 1 aromatic carbocycles. The fraction of sp³-hybridized carbons (Fsp3) is 0.222. The summed E-state index contributed by atoms with van der Waals surface area (Å²) in [5.41, 5.74) is 0.180. The molecule has 0 bridgehead atoms. The van der Waals surface area contributed by atoms with Gasteiger partial charge in [-0.05, 0) is 18.6 Å². The van der Waals surface area contributed by atoms with E-state index in [9.17, 15) is 13.2 Å². The van der Waals surface area contributed by atoms with Gasteiger partial charge in [-0.15, -0.1) is 0 Å². The highest BCUT2D eigenvalue weighted by Crippen LogP contribution is 2.23. The van der Waals surface area contributed by atoms with Crippen molar-refractivity contribution in [3.05, 3.63) is 29.1 Å². The van der Waals surface area contributed by atoms with Gasteiger partial charge >= 0.3 is 6.61 Å². The van der Waals surface area contributed by atoms with Crippen molar-refractivity contribution < 1.29 is 17.9 Å². The fourth-order valence-electron chi connectivity index (χ4n) is 0.983. The van der Waals surface area contributed by atoms with Crippen molar-refractivity contribution in [1.82, 2.24) is 0 Å². The number of rotatable bonds is 2. The van der Waals surface area contributed by atoms with Gasteiger partial charge in [-0.3, -0.25) is 0 Å². The van der Waals surface area contributed by atoms with Crippen LogP contribution < -0.4 is 4.74 Å². The highest BCUT2D eigenvalue weighted by molar-refractivity contribution is 5.41. The first-order chi connectivity index (χ1) is 6.54. The molecule has 0 fully saturated rings. The van der Waals surface area contributed by atoms with Crippen LogP contribution in [-0.4, -0.2) is 6.61 Å². The number of benzene rings is 1. The summed E-state index contributed by atoms with van der Waals surface area (Å²) in [6, 6.07) is 3.91. The second-order valence-corrected chi connectivity index (χ2v) is 2.60. The van der Waals surface area contributed by atoms with E-state index in [0.29, 0.717) is 0 Å². The maximum atomic E-state index is 13.1. The van der Waals surface area contributed by atoms with E-state index in [2.05, 4.69) is 4.74 Å². The molecule has 1 rings (SSSR count). The average molecular weight is 201 g/mol. The molecule has 0 N–H and O–H groups in total. The van der Waals surface area contributed by atoms with Gasteiger partial charge in [-0.1, -0.05) is 0 Å². The van der Waals surface area contributed by atoms with Gasteiger partial charge in [0, 0.05) is 6.07 Å². The minimum absolute atomic E-state index is 0.0829. The smallest absolute Gasteiger partial charge is 0.387 e. The fourth-order valence-corrected chi connectivity index (χ4v) is 0.983. The van der Waals surface area contributed by atoms with Crippen LogP contribution in [0, 0.1) is 24.1 Å². The van der Waals surface area contributed by atoms with Gasteiger partial charge in [-0.2, -0.15) is 14.0 Å². The van der Waals surface area contributed by atoms with Crippen LogP contribution in [0.25, 0.3) is 0 Å². The Kier molecular flexibility index (Phi) is 2.97. The maximum absolute atomic E-state index is 13.1. The summed E-state index contributed by atoms with van der Waals surface area (Å²) >= 11 is 0. The molecular formula is C9H6F3NO. The van der Waals surface area contributed by atoms with Gasteiger partial charge in [0.25, 0.3) is 0 Å². The summed E-state index contributed by atoms with van der Waals surface area (Å²) in [6.07, 6.45) is 0. The van der Waals surface area contributed by atoms with Crippen molar-refractivity contribution in [3.63, 3.8) is 0 Å². The van der Waals surface area contributed by atoms with Crippen LogP contribution in [0.2, 0.25) is 0 Å². The van der Waals surface area contributed by atoms with Crippen molar-refractivity contribution in [2.24, 2.45) is 0 Å². The summed E-state index contributed by atoms with van der Waals surface area (Å²) in [6.45, 7) is -1.73. The molecule has 0 spiro atoms. The number of aryl methyl sites for hydroxylation is 1. The van der Waals surface area contributed by atoms with Crippen molar-refractivity contribution >= 4 is 0 Å². The highest BCUT2D eigenvalue weighted by Gasteiger charge is 2.13. The van der Waals surface area contributed by atoms with Crippen LogP contribution in [0.4, 0.5) is 13.2 Å². The topological polar surface area (TPSA) is 33.0 Å².